The topological polar surface area (TPSA) is 0 Å². The van der Waals surface area contributed by atoms with Crippen LogP contribution in [-0.4, -0.2) is 17.4 Å². The minimum absolute atomic E-state index is 1.34. The Bertz CT molecular complexity index is 264. The fraction of sp³-hybridized carbons (Fsp3) is 0.900. The third-order valence-corrected chi connectivity index (χ3v) is 26.3. The molecule has 0 aliphatic carbocycles. The quantitative estimate of drug-likeness (QED) is 0.219. The van der Waals surface area contributed by atoms with Crippen molar-refractivity contribution in [1.29, 1.82) is 0 Å². The van der Waals surface area contributed by atoms with Gasteiger partial charge in [0.1, 0.15) is 0 Å². The van der Waals surface area contributed by atoms with Gasteiger partial charge in [-0.15, -0.1) is 0 Å². The van der Waals surface area contributed by atoms with Gasteiger partial charge >= 0.3 is 137 Å². The Morgan fingerprint density at radius 1 is 0.619 bits per heavy atom. The Balaban J connectivity index is 5.47. The van der Waals surface area contributed by atoms with E-state index in [1.807, 2.05) is 6.92 Å². The standard InChI is InChI=1S/4C4H9.C4H5.Sb/c5*1-3-4-2;/h4*1,3-4H2,2H3;1H2,2H3;. The van der Waals surface area contributed by atoms with Crippen LogP contribution >= 0.6 is 0 Å². The zero-order chi connectivity index (χ0) is 16.1. The molecule has 0 saturated heterocycles. The maximum absolute atomic E-state index is 3.61. The Kier molecular flexibility index (Phi) is 12.1. The van der Waals surface area contributed by atoms with Crippen molar-refractivity contribution < 1.29 is 0 Å². The zero-order valence-electron chi connectivity index (χ0n) is 15.6. The van der Waals surface area contributed by atoms with E-state index in [0.29, 0.717) is 0 Å². The summed E-state index contributed by atoms with van der Waals surface area (Å²) < 4.78 is 7.72. The summed E-state index contributed by atoms with van der Waals surface area (Å²) in [4.78, 5) is 0. The first kappa shape index (κ1) is 21.4. The van der Waals surface area contributed by atoms with Gasteiger partial charge in [-0.3, -0.25) is 0 Å². The van der Waals surface area contributed by atoms with Crippen molar-refractivity contribution in [2.75, 3.05) is 0 Å². The van der Waals surface area contributed by atoms with Crippen LogP contribution in [0.15, 0.2) is 0 Å². The first-order valence-corrected chi connectivity index (χ1v) is 18.5. The van der Waals surface area contributed by atoms with E-state index in [2.05, 4.69) is 39.5 Å². The van der Waals surface area contributed by atoms with Crippen molar-refractivity contribution in [3.05, 3.63) is 0 Å². The minimum atomic E-state index is -2.56. The predicted octanol–water partition coefficient (Wildman–Crippen LogP) is 7.61. The van der Waals surface area contributed by atoms with Gasteiger partial charge in [-0.2, -0.15) is 0 Å². The Morgan fingerprint density at radius 2 is 0.952 bits per heavy atom. The second-order valence-corrected chi connectivity index (χ2v) is 25.9. The van der Waals surface area contributed by atoms with Crippen LogP contribution in [0.1, 0.15) is 86.0 Å². The van der Waals surface area contributed by atoms with Crippen LogP contribution in [0.5, 0.6) is 0 Å². The normalized spacial score (nSPS) is 13.3. The molecule has 0 saturated carbocycles. The molecule has 0 aliphatic rings. The molecular formula is C20H41Sb. The van der Waals surface area contributed by atoms with E-state index < -0.39 is 17.4 Å². The molecule has 0 radical (unpaired) electrons. The van der Waals surface area contributed by atoms with E-state index in [-0.39, 0.29) is 0 Å². The molecule has 0 unspecified atom stereocenters. The first-order valence-electron chi connectivity index (χ1n) is 9.51. The van der Waals surface area contributed by atoms with E-state index >= 15 is 0 Å². The molecule has 0 aliphatic heterocycles. The van der Waals surface area contributed by atoms with Crippen LogP contribution in [0.3, 0.4) is 0 Å². The number of hydrogen-bond donors (Lipinski definition) is 0. The van der Waals surface area contributed by atoms with Gasteiger partial charge in [0, 0.05) is 0 Å². The Hall–Kier alpha value is 0.378. The van der Waals surface area contributed by atoms with E-state index in [1.165, 1.54) is 55.7 Å². The molecule has 126 valence electrons. The molecular weight excluding hydrogens is 362 g/mol. The second kappa shape index (κ2) is 11.9. The van der Waals surface area contributed by atoms with Gasteiger partial charge in [0.25, 0.3) is 0 Å². The first-order chi connectivity index (χ1) is 10.1. The van der Waals surface area contributed by atoms with Crippen LogP contribution in [0.25, 0.3) is 0 Å². The number of hydrogen-bond acceptors (Lipinski definition) is 0. The fourth-order valence-corrected chi connectivity index (χ4v) is 24.9. The van der Waals surface area contributed by atoms with E-state index in [0.717, 1.165) is 0 Å². The van der Waals surface area contributed by atoms with Gasteiger partial charge in [-0.1, -0.05) is 0 Å². The molecule has 1 heteroatoms. The number of unbranched alkanes of at least 4 members (excludes halogenated alkanes) is 4. The summed E-state index contributed by atoms with van der Waals surface area (Å²) in [6.07, 6.45) is 11.3. The Labute approximate surface area is 136 Å². The summed E-state index contributed by atoms with van der Waals surface area (Å²) in [6.45, 7) is 11.5. The van der Waals surface area contributed by atoms with Crippen LogP contribution in [-0.2, 0) is 0 Å². The van der Waals surface area contributed by atoms with Gasteiger partial charge in [0.05, 0.1) is 0 Å². The SMILES string of the molecule is CC#C[CH2][Sb]([CH2]CCC)([CH2]CCC)([CH2]CCC)[CH2]CCC. The summed E-state index contributed by atoms with van der Waals surface area (Å²) in [5, 5.41) is 0. The monoisotopic (exact) mass is 402 g/mol. The van der Waals surface area contributed by atoms with Crippen LogP contribution < -0.4 is 0 Å². The molecule has 0 aromatic heterocycles. The van der Waals surface area contributed by atoms with Crippen molar-refractivity contribution in [1.82, 2.24) is 0 Å². The summed E-state index contributed by atoms with van der Waals surface area (Å²) in [6, 6.07) is 0. The van der Waals surface area contributed by atoms with Gasteiger partial charge in [-0.25, -0.2) is 0 Å². The third kappa shape index (κ3) is 7.46. The molecule has 21 heavy (non-hydrogen) atoms. The maximum atomic E-state index is 3.61. The second-order valence-electron chi connectivity index (χ2n) is 7.13. The van der Waals surface area contributed by atoms with Crippen LogP contribution in [0.4, 0.5) is 0 Å². The van der Waals surface area contributed by atoms with Crippen molar-refractivity contribution >= 4 is 17.4 Å². The predicted molar refractivity (Wildman–Crippen MR) is 103 cm³/mol. The zero-order valence-corrected chi connectivity index (χ0v) is 18.2. The molecule has 0 fully saturated rings. The molecule has 0 bridgehead atoms. The van der Waals surface area contributed by atoms with Gasteiger partial charge in [0.15, 0.2) is 0 Å². The molecule has 0 aromatic carbocycles. The average Bonchev–Trinajstić information content (AvgIpc) is 2.53. The van der Waals surface area contributed by atoms with Gasteiger partial charge < -0.3 is 0 Å². The van der Waals surface area contributed by atoms with Crippen LogP contribution in [0.2, 0.25) is 21.8 Å². The molecule has 0 rings (SSSR count). The molecule has 0 nitrogen and oxygen atoms in total. The fourth-order valence-electron chi connectivity index (χ4n) is 3.71. The summed E-state index contributed by atoms with van der Waals surface area (Å²) in [5.41, 5.74) is 0. The van der Waals surface area contributed by atoms with Crippen molar-refractivity contribution in [3.8, 4) is 11.8 Å². The molecule has 0 N–H and O–H groups in total. The van der Waals surface area contributed by atoms with Gasteiger partial charge in [0.2, 0.25) is 0 Å². The third-order valence-electron chi connectivity index (χ3n) is 5.28. The Morgan fingerprint density at radius 3 is 1.19 bits per heavy atom. The van der Waals surface area contributed by atoms with Crippen LogP contribution in [0, 0.1) is 11.8 Å². The molecule has 0 spiro atoms. The van der Waals surface area contributed by atoms with Crippen molar-refractivity contribution in [2.45, 2.75) is 108 Å². The van der Waals surface area contributed by atoms with E-state index in [9.17, 15) is 0 Å². The van der Waals surface area contributed by atoms with Crippen molar-refractivity contribution in [2.24, 2.45) is 0 Å². The van der Waals surface area contributed by atoms with E-state index in [4.69, 9.17) is 0 Å². The van der Waals surface area contributed by atoms with E-state index in [1.54, 1.807) is 17.5 Å². The molecule has 0 amide bonds. The average molecular weight is 403 g/mol. The summed E-state index contributed by atoms with van der Waals surface area (Å²) in [5.74, 6) is 6.86. The summed E-state index contributed by atoms with van der Waals surface area (Å²) >= 11 is -2.56. The molecule has 0 heterocycles. The number of rotatable bonds is 13. The van der Waals surface area contributed by atoms with Gasteiger partial charge in [-0.05, 0) is 0 Å². The molecule has 0 atom stereocenters. The molecule has 0 aromatic rings. The van der Waals surface area contributed by atoms with Crippen molar-refractivity contribution in [3.63, 3.8) is 0 Å². The summed E-state index contributed by atoms with van der Waals surface area (Å²) in [7, 11) is 0.